The van der Waals surface area contributed by atoms with E-state index < -0.39 is 0 Å². The van der Waals surface area contributed by atoms with E-state index in [0.717, 1.165) is 5.92 Å². The quantitative estimate of drug-likeness (QED) is 0.611. The Balaban J connectivity index is 2.82. The zero-order chi connectivity index (χ0) is 15.0. The first-order valence-electron chi connectivity index (χ1n) is 8.44. The molecule has 0 heterocycles. The molecular weight excluding hydrogens is 242 g/mol. The largest absolute Gasteiger partial charge is 0.313 e. The summed E-state index contributed by atoms with van der Waals surface area (Å²) in [5, 5.41) is 3.54. The van der Waals surface area contributed by atoms with E-state index >= 15 is 0 Å². The number of hydrogen-bond donors (Lipinski definition) is 1. The van der Waals surface area contributed by atoms with Gasteiger partial charge < -0.3 is 5.32 Å². The summed E-state index contributed by atoms with van der Waals surface area (Å²) in [6.45, 7) is 9.16. The first kappa shape index (κ1) is 17.2. The van der Waals surface area contributed by atoms with Gasteiger partial charge in [0.05, 0.1) is 0 Å². The van der Waals surface area contributed by atoms with E-state index in [1.54, 1.807) is 0 Å². The minimum Gasteiger partial charge on any atom is -0.313 e. The van der Waals surface area contributed by atoms with Crippen molar-refractivity contribution in [3.8, 4) is 0 Å². The Bertz CT molecular complexity index is 355. The molecule has 0 aromatic heterocycles. The number of hydrogen-bond acceptors (Lipinski definition) is 1. The second-order valence-electron chi connectivity index (χ2n) is 6.05. The first-order chi connectivity index (χ1) is 9.67. The van der Waals surface area contributed by atoms with E-state index in [1.165, 1.54) is 43.2 Å². The molecule has 0 saturated carbocycles. The maximum Gasteiger partial charge on any atom is 0.0346 e. The molecule has 0 spiro atoms. The Morgan fingerprint density at radius 3 is 2.00 bits per heavy atom. The molecule has 0 aliphatic heterocycles. The summed E-state index contributed by atoms with van der Waals surface area (Å²) in [5.74, 6) is 1.41. The van der Waals surface area contributed by atoms with Gasteiger partial charge in [0.2, 0.25) is 0 Å². The van der Waals surface area contributed by atoms with Gasteiger partial charge in [0.1, 0.15) is 0 Å². The molecule has 1 nitrogen and oxygen atoms in total. The highest BCUT2D eigenvalue weighted by molar-refractivity contribution is 5.27. The van der Waals surface area contributed by atoms with Crippen LogP contribution >= 0.6 is 0 Å². The molecule has 0 fully saturated rings. The average molecular weight is 275 g/mol. The summed E-state index contributed by atoms with van der Waals surface area (Å²) in [7, 11) is 2.10. The molecule has 114 valence electrons. The van der Waals surface area contributed by atoms with E-state index in [9.17, 15) is 0 Å². The van der Waals surface area contributed by atoms with Crippen molar-refractivity contribution in [3.63, 3.8) is 0 Å². The van der Waals surface area contributed by atoms with E-state index in [0.29, 0.717) is 12.0 Å². The summed E-state index contributed by atoms with van der Waals surface area (Å²) in [4.78, 5) is 0. The molecule has 3 atom stereocenters. The highest BCUT2D eigenvalue weighted by Crippen LogP contribution is 2.30. The van der Waals surface area contributed by atoms with E-state index in [-0.39, 0.29) is 0 Å². The van der Waals surface area contributed by atoms with Crippen LogP contribution < -0.4 is 5.32 Å². The van der Waals surface area contributed by atoms with Crippen molar-refractivity contribution in [2.75, 3.05) is 7.05 Å². The first-order valence-corrected chi connectivity index (χ1v) is 8.44. The predicted molar refractivity (Wildman–Crippen MR) is 90.3 cm³/mol. The normalized spacial score (nSPS) is 15.8. The predicted octanol–water partition coefficient (Wildman–Crippen LogP) is 5.68. The second-order valence-corrected chi connectivity index (χ2v) is 6.05. The lowest BCUT2D eigenvalue weighted by Gasteiger charge is -2.27. The summed E-state index contributed by atoms with van der Waals surface area (Å²) in [5.41, 5.74) is 2.91. The van der Waals surface area contributed by atoms with Crippen LogP contribution in [0.2, 0.25) is 0 Å². The van der Waals surface area contributed by atoms with Gasteiger partial charge in [-0.2, -0.15) is 0 Å². The summed E-state index contributed by atoms with van der Waals surface area (Å²) < 4.78 is 0. The standard InChI is InChI=1S/C19H33N/c1-6-9-10-16(8-3)19(20-5)18-13-11-17(12-14-18)15(4)7-2/h11-16,19-20H,6-10H2,1-5H3. The van der Waals surface area contributed by atoms with Crippen LogP contribution in [0, 0.1) is 5.92 Å². The fraction of sp³-hybridized carbons (Fsp3) is 0.684. The molecule has 0 amide bonds. The molecule has 0 aliphatic rings. The topological polar surface area (TPSA) is 12.0 Å². The molecule has 0 saturated heterocycles. The fourth-order valence-electron chi connectivity index (χ4n) is 3.01. The highest BCUT2D eigenvalue weighted by atomic mass is 14.9. The SMILES string of the molecule is CCCCC(CC)C(NC)c1ccc(C(C)CC)cc1. The third-order valence-corrected chi connectivity index (χ3v) is 4.71. The van der Waals surface area contributed by atoms with Crippen molar-refractivity contribution < 1.29 is 0 Å². The lowest BCUT2D eigenvalue weighted by atomic mass is 9.86. The summed E-state index contributed by atoms with van der Waals surface area (Å²) in [6.07, 6.45) is 6.41. The van der Waals surface area contributed by atoms with Crippen LogP contribution in [0.1, 0.15) is 82.9 Å². The van der Waals surface area contributed by atoms with Gasteiger partial charge in [-0.1, -0.05) is 71.2 Å². The minimum absolute atomic E-state index is 0.498. The molecule has 0 radical (unpaired) electrons. The highest BCUT2D eigenvalue weighted by Gasteiger charge is 2.19. The number of benzene rings is 1. The fourth-order valence-corrected chi connectivity index (χ4v) is 3.01. The molecule has 1 heteroatoms. The molecular formula is C19H33N. The molecule has 1 aromatic carbocycles. The van der Waals surface area contributed by atoms with Gasteiger partial charge in [-0.3, -0.25) is 0 Å². The lowest BCUT2D eigenvalue weighted by molar-refractivity contribution is 0.339. The van der Waals surface area contributed by atoms with Crippen LogP contribution in [-0.4, -0.2) is 7.05 Å². The third kappa shape index (κ3) is 4.63. The Kier molecular flexibility index (Phi) is 7.91. The Morgan fingerprint density at radius 1 is 0.950 bits per heavy atom. The van der Waals surface area contributed by atoms with Crippen molar-refractivity contribution in [3.05, 3.63) is 35.4 Å². The minimum atomic E-state index is 0.498. The second kappa shape index (κ2) is 9.18. The van der Waals surface area contributed by atoms with Crippen LogP contribution in [0.5, 0.6) is 0 Å². The van der Waals surface area contributed by atoms with Gasteiger partial charge in [0.25, 0.3) is 0 Å². The van der Waals surface area contributed by atoms with Crippen LogP contribution in [0.15, 0.2) is 24.3 Å². The smallest absolute Gasteiger partial charge is 0.0346 e. The maximum absolute atomic E-state index is 3.54. The van der Waals surface area contributed by atoms with Gasteiger partial charge >= 0.3 is 0 Å². The number of rotatable bonds is 9. The van der Waals surface area contributed by atoms with Gasteiger partial charge in [-0.05, 0) is 42.9 Å². The van der Waals surface area contributed by atoms with Gasteiger partial charge in [0, 0.05) is 6.04 Å². The Hall–Kier alpha value is -0.820. The summed E-state index contributed by atoms with van der Waals surface area (Å²) >= 11 is 0. The maximum atomic E-state index is 3.54. The van der Waals surface area contributed by atoms with Gasteiger partial charge in [-0.15, -0.1) is 0 Å². The van der Waals surface area contributed by atoms with Crippen molar-refractivity contribution in [2.45, 2.75) is 71.8 Å². The van der Waals surface area contributed by atoms with Gasteiger partial charge in [0.15, 0.2) is 0 Å². The lowest BCUT2D eigenvalue weighted by Crippen LogP contribution is -2.25. The van der Waals surface area contributed by atoms with Crippen LogP contribution in [-0.2, 0) is 0 Å². The zero-order valence-corrected chi connectivity index (χ0v) is 14.1. The van der Waals surface area contributed by atoms with E-state index in [4.69, 9.17) is 0 Å². The van der Waals surface area contributed by atoms with Crippen LogP contribution in [0.3, 0.4) is 0 Å². The summed E-state index contributed by atoms with van der Waals surface area (Å²) in [6, 6.07) is 9.80. The molecule has 3 unspecified atom stereocenters. The van der Waals surface area contributed by atoms with Gasteiger partial charge in [-0.25, -0.2) is 0 Å². The van der Waals surface area contributed by atoms with Crippen molar-refractivity contribution in [2.24, 2.45) is 5.92 Å². The Labute approximate surface area is 126 Å². The average Bonchev–Trinajstić information content (AvgIpc) is 2.51. The van der Waals surface area contributed by atoms with Crippen molar-refractivity contribution in [1.82, 2.24) is 5.32 Å². The van der Waals surface area contributed by atoms with E-state index in [2.05, 4.69) is 64.3 Å². The molecule has 1 aromatic rings. The number of nitrogens with one attached hydrogen (secondary N) is 1. The van der Waals surface area contributed by atoms with Crippen LogP contribution in [0.25, 0.3) is 0 Å². The van der Waals surface area contributed by atoms with Crippen molar-refractivity contribution >= 4 is 0 Å². The molecule has 0 bridgehead atoms. The Morgan fingerprint density at radius 2 is 1.55 bits per heavy atom. The van der Waals surface area contributed by atoms with Crippen molar-refractivity contribution in [1.29, 1.82) is 0 Å². The molecule has 1 N–H and O–H groups in total. The molecule has 0 aliphatic carbocycles. The van der Waals surface area contributed by atoms with E-state index in [1.807, 2.05) is 0 Å². The molecule has 20 heavy (non-hydrogen) atoms. The monoisotopic (exact) mass is 275 g/mol. The zero-order valence-electron chi connectivity index (χ0n) is 14.1. The van der Waals surface area contributed by atoms with Crippen LogP contribution in [0.4, 0.5) is 0 Å². The molecule has 1 rings (SSSR count). The number of unbranched alkanes of at least 4 members (excludes halogenated alkanes) is 1. The third-order valence-electron chi connectivity index (χ3n) is 4.71.